The molecule has 6 heteroatoms. The monoisotopic (exact) mass is 378 g/mol. The molecule has 1 heterocycles. The van der Waals surface area contributed by atoms with Gasteiger partial charge in [0.1, 0.15) is 11.3 Å². The fourth-order valence-corrected chi connectivity index (χ4v) is 3.02. The number of ether oxygens (including phenoxy) is 1. The van der Waals surface area contributed by atoms with Crippen LogP contribution in [0.3, 0.4) is 0 Å². The first-order chi connectivity index (χ1) is 13.0. The molecule has 0 bridgehead atoms. The molecule has 0 aromatic heterocycles. The minimum atomic E-state index is -0.503. The molecule has 1 aliphatic rings. The van der Waals surface area contributed by atoms with E-state index in [0.29, 0.717) is 0 Å². The van der Waals surface area contributed by atoms with Crippen LogP contribution in [0, 0.1) is 0 Å². The molecule has 2 aromatic rings. The first kappa shape index (κ1) is 18.5. The summed E-state index contributed by atoms with van der Waals surface area (Å²) < 4.78 is 5.27. The summed E-state index contributed by atoms with van der Waals surface area (Å²) in [6.45, 7) is 3.85. The highest BCUT2D eigenvalue weighted by Gasteiger charge is 2.32. The first-order valence-electron chi connectivity index (χ1n) is 8.27. The van der Waals surface area contributed by atoms with Crippen LogP contribution in [0.1, 0.15) is 5.56 Å². The Kier molecular flexibility index (Phi) is 5.47. The van der Waals surface area contributed by atoms with Gasteiger partial charge in [-0.2, -0.15) is 0 Å². The molecule has 3 rings (SSSR count). The standard InChI is InChI=1S/C21H18N2O3S/c1-3-10-23-20(25)18(19(24)22-21(23)27)12-14-6-4-7-15(11-14)16-8-5-9-17(13-16)26-2/h3-9,11-13H,1,10H2,2H3,(H,22,24,27)/b18-12+. The lowest BCUT2D eigenvalue weighted by Crippen LogP contribution is -2.53. The molecule has 1 aliphatic heterocycles. The summed E-state index contributed by atoms with van der Waals surface area (Å²) in [4.78, 5) is 26.2. The highest BCUT2D eigenvalue weighted by molar-refractivity contribution is 7.80. The lowest BCUT2D eigenvalue weighted by atomic mass is 10.0. The van der Waals surface area contributed by atoms with Crippen molar-refractivity contribution >= 4 is 35.2 Å². The van der Waals surface area contributed by atoms with Crippen molar-refractivity contribution in [1.82, 2.24) is 10.2 Å². The molecular formula is C21H18N2O3S. The number of hydrogen-bond donors (Lipinski definition) is 1. The molecule has 136 valence electrons. The lowest BCUT2D eigenvalue weighted by molar-refractivity contribution is -0.128. The summed E-state index contributed by atoms with van der Waals surface area (Å²) in [6, 6.07) is 15.3. The van der Waals surface area contributed by atoms with Gasteiger partial charge in [0.15, 0.2) is 5.11 Å². The van der Waals surface area contributed by atoms with Crippen molar-refractivity contribution in [1.29, 1.82) is 0 Å². The third kappa shape index (κ3) is 3.96. The maximum Gasteiger partial charge on any atom is 0.265 e. The van der Waals surface area contributed by atoms with Gasteiger partial charge in [-0.15, -0.1) is 6.58 Å². The fourth-order valence-electron chi connectivity index (χ4n) is 2.77. The number of hydrogen-bond acceptors (Lipinski definition) is 4. The van der Waals surface area contributed by atoms with Gasteiger partial charge in [0, 0.05) is 6.54 Å². The number of nitrogens with zero attached hydrogens (tertiary/aromatic N) is 1. The molecule has 2 amide bonds. The molecule has 0 aliphatic carbocycles. The largest absolute Gasteiger partial charge is 0.497 e. The molecule has 0 atom stereocenters. The summed E-state index contributed by atoms with van der Waals surface area (Å²) in [5.74, 6) is -0.181. The second-order valence-corrected chi connectivity index (χ2v) is 6.27. The SMILES string of the molecule is C=CCN1C(=O)/C(=C/c2cccc(-c3cccc(OC)c3)c2)C(=O)NC1=S. The van der Waals surface area contributed by atoms with E-state index in [0.717, 1.165) is 22.4 Å². The Labute approximate surface area is 162 Å². The number of thiocarbonyl (C=S) groups is 1. The topological polar surface area (TPSA) is 58.6 Å². The lowest BCUT2D eigenvalue weighted by Gasteiger charge is -2.27. The Morgan fingerprint density at radius 2 is 1.85 bits per heavy atom. The van der Waals surface area contributed by atoms with Crippen molar-refractivity contribution < 1.29 is 14.3 Å². The third-order valence-electron chi connectivity index (χ3n) is 4.10. The van der Waals surface area contributed by atoms with E-state index in [4.69, 9.17) is 17.0 Å². The Morgan fingerprint density at radius 1 is 1.15 bits per heavy atom. The Balaban J connectivity index is 1.96. The summed E-state index contributed by atoms with van der Waals surface area (Å²) in [5, 5.41) is 2.63. The number of nitrogens with one attached hydrogen (secondary N) is 1. The van der Waals surface area contributed by atoms with Crippen LogP contribution in [0.2, 0.25) is 0 Å². The molecule has 1 fully saturated rings. The second kappa shape index (κ2) is 7.97. The molecule has 1 saturated heterocycles. The van der Waals surface area contributed by atoms with Crippen LogP contribution >= 0.6 is 12.2 Å². The number of benzene rings is 2. The highest BCUT2D eigenvalue weighted by Crippen LogP contribution is 2.25. The van der Waals surface area contributed by atoms with Crippen LogP contribution in [-0.4, -0.2) is 35.5 Å². The van der Waals surface area contributed by atoms with Gasteiger partial charge in [0.25, 0.3) is 11.8 Å². The summed E-state index contributed by atoms with van der Waals surface area (Å²) >= 11 is 5.06. The zero-order chi connectivity index (χ0) is 19.4. The van der Waals surface area contributed by atoms with E-state index in [9.17, 15) is 9.59 Å². The van der Waals surface area contributed by atoms with Crippen molar-refractivity contribution in [3.05, 3.63) is 72.3 Å². The van der Waals surface area contributed by atoms with E-state index < -0.39 is 11.8 Å². The maximum absolute atomic E-state index is 12.6. The maximum atomic E-state index is 12.6. The van der Waals surface area contributed by atoms with Gasteiger partial charge < -0.3 is 4.74 Å². The smallest absolute Gasteiger partial charge is 0.265 e. The van der Waals surface area contributed by atoms with Gasteiger partial charge in [-0.1, -0.05) is 36.4 Å². The molecule has 2 aromatic carbocycles. The molecule has 5 nitrogen and oxygen atoms in total. The predicted molar refractivity (Wildman–Crippen MR) is 109 cm³/mol. The molecule has 27 heavy (non-hydrogen) atoms. The van der Waals surface area contributed by atoms with Crippen LogP contribution < -0.4 is 10.1 Å². The van der Waals surface area contributed by atoms with Crippen LogP contribution in [0.25, 0.3) is 17.2 Å². The van der Waals surface area contributed by atoms with Crippen molar-refractivity contribution in [2.75, 3.05) is 13.7 Å². The molecule has 0 radical (unpaired) electrons. The van der Waals surface area contributed by atoms with E-state index in [-0.39, 0.29) is 17.2 Å². The van der Waals surface area contributed by atoms with E-state index in [1.807, 2.05) is 48.5 Å². The van der Waals surface area contributed by atoms with E-state index in [1.54, 1.807) is 19.3 Å². The molecule has 0 saturated carbocycles. The molecule has 1 N–H and O–H groups in total. The summed E-state index contributed by atoms with van der Waals surface area (Å²) in [5.41, 5.74) is 2.70. The average molecular weight is 378 g/mol. The number of methoxy groups -OCH3 is 1. The number of carbonyl (C=O) groups excluding carboxylic acids is 2. The molecular weight excluding hydrogens is 360 g/mol. The van der Waals surface area contributed by atoms with Gasteiger partial charge in [0.2, 0.25) is 0 Å². The van der Waals surface area contributed by atoms with Gasteiger partial charge in [-0.25, -0.2) is 0 Å². The molecule has 0 unspecified atom stereocenters. The van der Waals surface area contributed by atoms with Crippen molar-refractivity contribution in [3.63, 3.8) is 0 Å². The van der Waals surface area contributed by atoms with E-state index >= 15 is 0 Å². The zero-order valence-electron chi connectivity index (χ0n) is 14.8. The van der Waals surface area contributed by atoms with Crippen molar-refractivity contribution in [2.45, 2.75) is 0 Å². The summed E-state index contributed by atoms with van der Waals surface area (Å²) in [6.07, 6.45) is 3.13. The Bertz CT molecular complexity index is 965. The Hall–Kier alpha value is -3.25. The van der Waals surface area contributed by atoms with Crippen LogP contribution in [0.15, 0.2) is 66.8 Å². The summed E-state index contributed by atoms with van der Waals surface area (Å²) in [7, 11) is 1.62. The first-order valence-corrected chi connectivity index (χ1v) is 8.68. The van der Waals surface area contributed by atoms with Gasteiger partial charge >= 0.3 is 0 Å². The molecule has 0 spiro atoms. The zero-order valence-corrected chi connectivity index (χ0v) is 15.6. The quantitative estimate of drug-likeness (QED) is 0.376. The van der Waals surface area contributed by atoms with Crippen molar-refractivity contribution in [3.8, 4) is 16.9 Å². The minimum Gasteiger partial charge on any atom is -0.497 e. The van der Waals surface area contributed by atoms with E-state index in [2.05, 4.69) is 11.9 Å². The van der Waals surface area contributed by atoms with Crippen LogP contribution in [0.5, 0.6) is 5.75 Å². The highest BCUT2D eigenvalue weighted by atomic mass is 32.1. The third-order valence-corrected chi connectivity index (χ3v) is 4.42. The van der Waals surface area contributed by atoms with Crippen LogP contribution in [0.4, 0.5) is 0 Å². The minimum absolute atomic E-state index is 0.0354. The van der Waals surface area contributed by atoms with Gasteiger partial charge in [-0.3, -0.25) is 19.8 Å². The number of carbonyl (C=O) groups is 2. The number of amides is 2. The van der Waals surface area contributed by atoms with Crippen LogP contribution in [-0.2, 0) is 9.59 Å². The number of rotatable bonds is 5. The predicted octanol–water partition coefficient (Wildman–Crippen LogP) is 3.17. The average Bonchev–Trinajstić information content (AvgIpc) is 2.68. The normalized spacial score (nSPS) is 15.7. The van der Waals surface area contributed by atoms with Gasteiger partial charge in [0.05, 0.1) is 7.11 Å². The van der Waals surface area contributed by atoms with Gasteiger partial charge in [-0.05, 0) is 53.2 Å². The Morgan fingerprint density at radius 3 is 2.56 bits per heavy atom. The second-order valence-electron chi connectivity index (χ2n) is 5.88. The van der Waals surface area contributed by atoms with E-state index in [1.165, 1.54) is 4.90 Å². The fraction of sp³-hybridized carbons (Fsp3) is 0.0952. The van der Waals surface area contributed by atoms with Crippen molar-refractivity contribution in [2.24, 2.45) is 0 Å².